The van der Waals surface area contributed by atoms with Crippen LogP contribution in [0.25, 0.3) is 17.2 Å². The normalized spacial score (nSPS) is 19.0. The molecule has 2 amide bonds. The Kier molecular flexibility index (Phi) is 11.2. The number of H-pyrrole nitrogens is 1. The predicted molar refractivity (Wildman–Crippen MR) is 171 cm³/mol. The molecule has 1 aliphatic heterocycles. The Hall–Kier alpha value is -4.52. The summed E-state index contributed by atoms with van der Waals surface area (Å²) in [6.07, 6.45) is 5.20. The number of unbranched alkanes of at least 4 members (excludes halogenated alkanes) is 3. The Morgan fingerprint density at radius 2 is 1.63 bits per heavy atom. The van der Waals surface area contributed by atoms with Gasteiger partial charge >= 0.3 is 11.8 Å². The molecular formula is C34H40N4O8. The van der Waals surface area contributed by atoms with E-state index >= 15 is 0 Å². The highest BCUT2D eigenvalue weighted by atomic mass is 16.5. The molecule has 0 bridgehead atoms. The Morgan fingerprint density at radius 3 is 2.28 bits per heavy atom. The van der Waals surface area contributed by atoms with E-state index in [1.54, 1.807) is 0 Å². The van der Waals surface area contributed by atoms with Gasteiger partial charge in [0.05, 0.1) is 30.9 Å². The van der Waals surface area contributed by atoms with Crippen LogP contribution < -0.4 is 21.9 Å². The lowest BCUT2D eigenvalue weighted by molar-refractivity contribution is -0.116. The van der Waals surface area contributed by atoms with Crippen molar-refractivity contribution in [2.24, 2.45) is 0 Å². The Labute approximate surface area is 266 Å². The molecule has 1 aromatic heterocycles. The highest BCUT2D eigenvalue weighted by Gasteiger charge is 2.31. The summed E-state index contributed by atoms with van der Waals surface area (Å²) in [7, 11) is 0. The standard InChI is InChI=1S/C34H40N4O8/c39-19-30-29(40)17-23(20-45-30)38-18-22(32(42)37-33(38)43)13-14-31(41)35-15-7-1-2-8-16-36-34(44)46-21-28-26-11-5-3-9-24(26)25-10-4-6-12-27(25)28/h3-6,9-14,18,23,28-30,39-40H,1-2,7-8,15-17,19-21H2,(H,35,41)(H,36,44)(H,37,42,43)/b14-13+. The fraction of sp³-hybridized carbons (Fsp3) is 0.412. The average molecular weight is 633 g/mol. The van der Waals surface area contributed by atoms with Crippen LogP contribution in [0.2, 0.25) is 0 Å². The molecule has 2 aliphatic rings. The smallest absolute Gasteiger partial charge is 0.407 e. The minimum atomic E-state index is -0.954. The second kappa shape index (κ2) is 15.7. The van der Waals surface area contributed by atoms with Gasteiger partial charge in [-0.15, -0.1) is 0 Å². The van der Waals surface area contributed by atoms with Crippen molar-refractivity contribution in [2.45, 2.75) is 56.3 Å². The number of amides is 2. The summed E-state index contributed by atoms with van der Waals surface area (Å²) < 4.78 is 12.2. The maximum Gasteiger partial charge on any atom is 0.407 e. The quantitative estimate of drug-likeness (QED) is 0.141. The first kappa shape index (κ1) is 32.9. The number of ether oxygens (including phenoxy) is 2. The van der Waals surface area contributed by atoms with Crippen molar-refractivity contribution < 1.29 is 29.3 Å². The number of hydrogen-bond acceptors (Lipinski definition) is 8. The molecule has 1 fully saturated rings. The minimum absolute atomic E-state index is 0.0200. The van der Waals surface area contributed by atoms with Gasteiger partial charge in [-0.1, -0.05) is 61.4 Å². The number of carbonyl (C=O) groups excluding carboxylic acids is 2. The van der Waals surface area contributed by atoms with Gasteiger partial charge in [-0.05, 0) is 47.6 Å². The van der Waals surface area contributed by atoms with Crippen LogP contribution >= 0.6 is 0 Å². The number of carbonyl (C=O) groups is 2. The van der Waals surface area contributed by atoms with Gasteiger partial charge in [0, 0.05) is 31.3 Å². The van der Waals surface area contributed by atoms with E-state index in [2.05, 4.69) is 39.9 Å². The van der Waals surface area contributed by atoms with Gasteiger partial charge in [-0.2, -0.15) is 0 Å². The Bertz CT molecular complexity index is 1620. The van der Waals surface area contributed by atoms with E-state index in [4.69, 9.17) is 9.47 Å². The molecule has 1 saturated heterocycles. The summed E-state index contributed by atoms with van der Waals surface area (Å²) >= 11 is 0. The van der Waals surface area contributed by atoms with Crippen molar-refractivity contribution >= 4 is 18.1 Å². The molecule has 0 radical (unpaired) electrons. The zero-order valence-electron chi connectivity index (χ0n) is 25.5. The van der Waals surface area contributed by atoms with Gasteiger partial charge in [0.15, 0.2) is 0 Å². The van der Waals surface area contributed by atoms with Crippen LogP contribution in [0.3, 0.4) is 0 Å². The molecular weight excluding hydrogens is 592 g/mol. The van der Waals surface area contributed by atoms with E-state index in [1.165, 1.54) is 45.2 Å². The number of alkyl carbamates (subject to hydrolysis) is 1. The van der Waals surface area contributed by atoms with Crippen LogP contribution in [0.5, 0.6) is 0 Å². The monoisotopic (exact) mass is 632 g/mol. The molecule has 12 heteroatoms. The Morgan fingerprint density at radius 1 is 0.978 bits per heavy atom. The van der Waals surface area contributed by atoms with Gasteiger partial charge < -0.3 is 30.3 Å². The number of nitrogens with one attached hydrogen (secondary N) is 3. The maximum atomic E-state index is 12.3. The maximum absolute atomic E-state index is 12.3. The van der Waals surface area contributed by atoms with Crippen molar-refractivity contribution in [3.63, 3.8) is 0 Å². The molecule has 0 spiro atoms. The first-order chi connectivity index (χ1) is 22.4. The Balaban J connectivity index is 0.965. The molecule has 1 aliphatic carbocycles. The number of benzene rings is 2. The molecule has 3 unspecified atom stereocenters. The number of aliphatic hydroxyl groups is 2. The van der Waals surface area contributed by atoms with E-state index in [0.717, 1.165) is 25.7 Å². The third kappa shape index (κ3) is 8.00. The number of aliphatic hydroxyl groups excluding tert-OH is 2. The number of hydrogen-bond donors (Lipinski definition) is 5. The van der Waals surface area contributed by atoms with Crippen LogP contribution in [0.4, 0.5) is 4.79 Å². The lowest BCUT2D eigenvalue weighted by Gasteiger charge is -2.33. The van der Waals surface area contributed by atoms with Gasteiger partial charge in [0.1, 0.15) is 12.7 Å². The molecule has 46 heavy (non-hydrogen) atoms. The van der Waals surface area contributed by atoms with Crippen LogP contribution in [0.15, 0.2) is 70.4 Å². The first-order valence-corrected chi connectivity index (χ1v) is 15.7. The van der Waals surface area contributed by atoms with E-state index in [9.17, 15) is 29.4 Å². The topological polar surface area (TPSA) is 172 Å². The molecule has 3 aromatic rings. The summed E-state index contributed by atoms with van der Waals surface area (Å²) in [5.41, 5.74) is 3.53. The summed E-state index contributed by atoms with van der Waals surface area (Å²) in [5, 5.41) is 25.0. The van der Waals surface area contributed by atoms with E-state index in [1.807, 2.05) is 24.3 Å². The van der Waals surface area contributed by atoms with Gasteiger partial charge in [0.2, 0.25) is 5.91 Å². The molecule has 2 aromatic carbocycles. The van der Waals surface area contributed by atoms with Crippen molar-refractivity contribution in [3.05, 3.63) is 98.3 Å². The SMILES string of the molecule is O=C(/C=C/c1cn(C2COC(CO)C(O)C2)c(=O)[nH]c1=O)NCCCCCCNC(=O)OCC1c2ccccc2-c2ccccc21. The molecule has 2 heterocycles. The summed E-state index contributed by atoms with van der Waals surface area (Å²) in [6, 6.07) is 15.9. The third-order valence-corrected chi connectivity index (χ3v) is 8.44. The number of rotatable bonds is 13. The molecule has 12 nitrogen and oxygen atoms in total. The molecule has 5 N–H and O–H groups in total. The lowest BCUT2D eigenvalue weighted by Crippen LogP contribution is -2.44. The number of aromatic amines is 1. The van der Waals surface area contributed by atoms with Crippen molar-refractivity contribution in [1.29, 1.82) is 0 Å². The lowest BCUT2D eigenvalue weighted by atomic mass is 9.98. The number of aromatic nitrogens is 2. The van der Waals surface area contributed by atoms with Crippen molar-refractivity contribution in [3.8, 4) is 11.1 Å². The predicted octanol–water partition coefficient (Wildman–Crippen LogP) is 2.45. The molecule has 3 atom stereocenters. The van der Waals surface area contributed by atoms with Gasteiger partial charge in [0.25, 0.3) is 5.56 Å². The highest BCUT2D eigenvalue weighted by molar-refractivity contribution is 5.91. The zero-order valence-corrected chi connectivity index (χ0v) is 25.5. The molecule has 0 saturated carbocycles. The van der Waals surface area contributed by atoms with Crippen molar-refractivity contribution in [1.82, 2.24) is 20.2 Å². The summed E-state index contributed by atoms with van der Waals surface area (Å²) in [5.74, 6) is -0.358. The molecule has 244 valence electrons. The van der Waals surface area contributed by atoms with E-state index < -0.39 is 35.6 Å². The van der Waals surface area contributed by atoms with Crippen LogP contribution in [-0.4, -0.2) is 76.9 Å². The second-order valence-electron chi connectivity index (χ2n) is 11.6. The number of fused-ring (bicyclic) bond motifs is 3. The number of nitrogens with zero attached hydrogens (tertiary/aromatic N) is 1. The van der Waals surface area contributed by atoms with E-state index in [-0.39, 0.29) is 43.6 Å². The zero-order chi connectivity index (χ0) is 32.5. The highest BCUT2D eigenvalue weighted by Crippen LogP contribution is 2.44. The van der Waals surface area contributed by atoms with Crippen molar-refractivity contribution in [2.75, 3.05) is 32.9 Å². The molecule has 5 rings (SSSR count). The average Bonchev–Trinajstić information content (AvgIpc) is 3.38. The summed E-state index contributed by atoms with van der Waals surface area (Å²) in [4.78, 5) is 51.4. The first-order valence-electron chi connectivity index (χ1n) is 15.7. The van der Waals surface area contributed by atoms with Crippen LogP contribution in [0, 0.1) is 0 Å². The largest absolute Gasteiger partial charge is 0.449 e. The van der Waals surface area contributed by atoms with Crippen LogP contribution in [-0.2, 0) is 14.3 Å². The minimum Gasteiger partial charge on any atom is -0.449 e. The van der Waals surface area contributed by atoms with Gasteiger partial charge in [-0.3, -0.25) is 19.1 Å². The van der Waals surface area contributed by atoms with Gasteiger partial charge in [-0.25, -0.2) is 9.59 Å². The fourth-order valence-corrected chi connectivity index (χ4v) is 5.98. The third-order valence-electron chi connectivity index (χ3n) is 8.44. The summed E-state index contributed by atoms with van der Waals surface area (Å²) in [6.45, 7) is 0.970. The second-order valence-corrected chi connectivity index (χ2v) is 11.6. The van der Waals surface area contributed by atoms with E-state index in [0.29, 0.717) is 13.1 Å². The van der Waals surface area contributed by atoms with Crippen LogP contribution in [0.1, 0.15) is 60.8 Å². The fourth-order valence-electron chi connectivity index (χ4n) is 5.98.